The first-order chi connectivity index (χ1) is 11.4. The first kappa shape index (κ1) is 18.4. The number of nitrogens with one attached hydrogen (secondary N) is 1. The lowest BCUT2D eigenvalue weighted by Crippen LogP contribution is -2.34. The zero-order chi connectivity index (χ0) is 17.6. The van der Waals surface area contributed by atoms with Gasteiger partial charge in [-0.25, -0.2) is 17.5 Å². The summed E-state index contributed by atoms with van der Waals surface area (Å²) in [4.78, 5) is 10.5. The number of carboxylic acid groups (broad SMARTS) is 1. The molecule has 1 aromatic carbocycles. The molecule has 1 aliphatic carbocycles. The van der Waals surface area contributed by atoms with Crippen LogP contribution in [0.3, 0.4) is 0 Å². The molecule has 0 heterocycles. The number of hydrogen-bond donors (Lipinski definition) is 2. The van der Waals surface area contributed by atoms with E-state index >= 15 is 0 Å². The standard InChI is InChI=1S/C17H20FNO4S/c18-14-9-11-15(12-10-14)24(22,23)19-16-7-4-6-13(16)5-2-1-3-8-17(20)21/h1-2,6,9-12,16,19H,3-5,7-8H2,(H,20,21)/b2-1-/t16-/m0/s1. The SMILES string of the molecule is O=C(O)CC/C=C\CC1=CCC[C@@H]1NS(=O)(=O)c1ccc(F)cc1. The Morgan fingerprint density at radius 2 is 2.00 bits per heavy atom. The molecule has 0 aromatic heterocycles. The van der Waals surface area contributed by atoms with Crippen molar-refractivity contribution in [3.63, 3.8) is 0 Å². The van der Waals surface area contributed by atoms with Crippen molar-refractivity contribution in [2.24, 2.45) is 0 Å². The van der Waals surface area contributed by atoms with Gasteiger partial charge in [0.1, 0.15) is 5.82 Å². The van der Waals surface area contributed by atoms with E-state index in [0.717, 1.165) is 24.1 Å². The van der Waals surface area contributed by atoms with Gasteiger partial charge >= 0.3 is 5.97 Å². The summed E-state index contributed by atoms with van der Waals surface area (Å²) in [6, 6.07) is 4.42. The van der Waals surface area contributed by atoms with E-state index in [9.17, 15) is 17.6 Å². The van der Waals surface area contributed by atoms with Gasteiger partial charge in [0.2, 0.25) is 10.0 Å². The molecule has 1 aromatic rings. The number of sulfonamides is 1. The summed E-state index contributed by atoms with van der Waals surface area (Å²) in [6.45, 7) is 0. The van der Waals surface area contributed by atoms with Crippen LogP contribution in [0.4, 0.5) is 4.39 Å². The van der Waals surface area contributed by atoms with Crippen molar-refractivity contribution in [1.82, 2.24) is 4.72 Å². The maximum Gasteiger partial charge on any atom is 0.303 e. The summed E-state index contributed by atoms with van der Waals surface area (Å²) in [5.74, 6) is -1.33. The highest BCUT2D eigenvalue weighted by Gasteiger charge is 2.24. The number of halogens is 1. The topological polar surface area (TPSA) is 83.5 Å². The second-order valence-corrected chi connectivity index (χ2v) is 7.31. The van der Waals surface area contributed by atoms with E-state index < -0.39 is 21.8 Å². The van der Waals surface area contributed by atoms with Gasteiger partial charge < -0.3 is 5.11 Å². The zero-order valence-electron chi connectivity index (χ0n) is 13.1. The molecule has 0 bridgehead atoms. The molecule has 1 aliphatic rings. The third kappa shape index (κ3) is 5.28. The second-order valence-electron chi connectivity index (χ2n) is 5.59. The van der Waals surface area contributed by atoms with Crippen molar-refractivity contribution in [2.75, 3.05) is 0 Å². The molecule has 130 valence electrons. The van der Waals surface area contributed by atoms with E-state index in [1.165, 1.54) is 12.1 Å². The highest BCUT2D eigenvalue weighted by Crippen LogP contribution is 2.24. The number of allylic oxidation sites excluding steroid dienone is 3. The summed E-state index contributed by atoms with van der Waals surface area (Å²) < 4.78 is 40.3. The summed E-state index contributed by atoms with van der Waals surface area (Å²) in [5, 5.41) is 8.57. The lowest BCUT2D eigenvalue weighted by molar-refractivity contribution is -0.136. The van der Waals surface area contributed by atoms with Crippen LogP contribution in [0.25, 0.3) is 0 Å². The maximum atomic E-state index is 12.9. The molecule has 0 saturated carbocycles. The van der Waals surface area contributed by atoms with Gasteiger partial charge in [0.25, 0.3) is 0 Å². The van der Waals surface area contributed by atoms with E-state index in [-0.39, 0.29) is 17.4 Å². The normalized spacial score (nSPS) is 18.0. The molecule has 2 N–H and O–H groups in total. The van der Waals surface area contributed by atoms with Crippen LogP contribution in [0.2, 0.25) is 0 Å². The largest absolute Gasteiger partial charge is 0.481 e. The number of carboxylic acids is 1. The lowest BCUT2D eigenvalue weighted by atomic mass is 10.1. The summed E-state index contributed by atoms with van der Waals surface area (Å²) in [7, 11) is -3.70. The van der Waals surface area contributed by atoms with Crippen LogP contribution in [-0.2, 0) is 14.8 Å². The highest BCUT2D eigenvalue weighted by atomic mass is 32.2. The molecule has 0 fully saturated rings. The van der Waals surface area contributed by atoms with Crippen molar-refractivity contribution < 1.29 is 22.7 Å². The predicted octanol–water partition coefficient (Wildman–Crippen LogP) is 3.00. The molecular weight excluding hydrogens is 333 g/mol. The van der Waals surface area contributed by atoms with Gasteiger partial charge in [-0.1, -0.05) is 23.8 Å². The van der Waals surface area contributed by atoms with Crippen LogP contribution in [0, 0.1) is 5.82 Å². The molecule has 0 amide bonds. The van der Waals surface area contributed by atoms with Crippen LogP contribution in [0.15, 0.2) is 53.0 Å². The van der Waals surface area contributed by atoms with Gasteiger partial charge in [0.15, 0.2) is 0 Å². The molecule has 1 atom stereocenters. The van der Waals surface area contributed by atoms with Crippen molar-refractivity contribution >= 4 is 16.0 Å². The number of rotatable bonds is 8. The van der Waals surface area contributed by atoms with Gasteiger partial charge in [-0.3, -0.25) is 4.79 Å². The second kappa shape index (κ2) is 8.21. The Morgan fingerprint density at radius 3 is 2.67 bits per heavy atom. The van der Waals surface area contributed by atoms with Gasteiger partial charge in [-0.05, 0) is 49.9 Å². The number of carbonyl (C=O) groups is 1. The Balaban J connectivity index is 1.95. The molecule has 5 nitrogen and oxygen atoms in total. The number of aliphatic carboxylic acids is 1. The summed E-state index contributed by atoms with van der Waals surface area (Å²) in [5.41, 5.74) is 0.965. The number of hydrogen-bond acceptors (Lipinski definition) is 3. The lowest BCUT2D eigenvalue weighted by Gasteiger charge is -2.16. The maximum absolute atomic E-state index is 12.9. The Bertz CT molecular complexity index is 738. The van der Waals surface area contributed by atoms with Crippen LogP contribution in [0.1, 0.15) is 32.1 Å². The van der Waals surface area contributed by atoms with Crippen molar-refractivity contribution in [2.45, 2.75) is 43.0 Å². The molecule has 0 saturated heterocycles. The fourth-order valence-electron chi connectivity index (χ4n) is 2.54. The van der Waals surface area contributed by atoms with Crippen molar-refractivity contribution in [3.05, 3.63) is 53.9 Å². The molecule has 24 heavy (non-hydrogen) atoms. The Morgan fingerprint density at radius 1 is 1.29 bits per heavy atom. The van der Waals surface area contributed by atoms with E-state index in [4.69, 9.17) is 5.11 Å². The zero-order valence-corrected chi connectivity index (χ0v) is 13.9. The van der Waals surface area contributed by atoms with E-state index in [2.05, 4.69) is 4.72 Å². The van der Waals surface area contributed by atoms with Gasteiger partial charge in [-0.15, -0.1) is 0 Å². The summed E-state index contributed by atoms with van der Waals surface area (Å²) >= 11 is 0. The highest BCUT2D eigenvalue weighted by molar-refractivity contribution is 7.89. The van der Waals surface area contributed by atoms with Gasteiger partial charge in [0.05, 0.1) is 4.90 Å². The minimum absolute atomic E-state index is 0.0344. The Labute approximate surface area is 140 Å². The third-order valence-corrected chi connectivity index (χ3v) is 5.26. The van der Waals surface area contributed by atoms with Crippen LogP contribution in [-0.4, -0.2) is 25.5 Å². The Hall–Kier alpha value is -1.99. The molecule has 0 spiro atoms. The first-order valence-electron chi connectivity index (χ1n) is 7.72. The average molecular weight is 353 g/mol. The molecule has 0 radical (unpaired) electrons. The van der Waals surface area contributed by atoms with Crippen molar-refractivity contribution in [1.29, 1.82) is 0 Å². The van der Waals surface area contributed by atoms with E-state index in [1.807, 2.05) is 12.2 Å². The molecular formula is C17H20FNO4S. The minimum Gasteiger partial charge on any atom is -0.481 e. The fourth-order valence-corrected chi connectivity index (χ4v) is 3.81. The van der Waals surface area contributed by atoms with E-state index in [1.54, 1.807) is 6.08 Å². The fraction of sp³-hybridized carbons (Fsp3) is 0.353. The molecule has 2 rings (SSSR count). The van der Waals surface area contributed by atoms with Gasteiger partial charge in [0, 0.05) is 12.5 Å². The third-order valence-electron chi connectivity index (χ3n) is 3.78. The van der Waals surface area contributed by atoms with Crippen LogP contribution in [0.5, 0.6) is 0 Å². The minimum atomic E-state index is -3.70. The Kier molecular flexibility index (Phi) is 6.28. The number of benzene rings is 1. The van der Waals surface area contributed by atoms with E-state index in [0.29, 0.717) is 19.3 Å². The molecule has 7 heteroatoms. The quantitative estimate of drug-likeness (QED) is 0.704. The molecule has 0 unspecified atom stereocenters. The molecule has 0 aliphatic heterocycles. The van der Waals surface area contributed by atoms with Crippen LogP contribution >= 0.6 is 0 Å². The summed E-state index contributed by atoms with van der Waals surface area (Å²) in [6.07, 6.45) is 8.23. The smallest absolute Gasteiger partial charge is 0.303 e. The van der Waals surface area contributed by atoms with Crippen molar-refractivity contribution in [3.8, 4) is 0 Å². The van der Waals surface area contributed by atoms with Crippen LogP contribution < -0.4 is 4.72 Å². The first-order valence-corrected chi connectivity index (χ1v) is 9.20. The predicted molar refractivity (Wildman–Crippen MR) is 88.5 cm³/mol. The average Bonchev–Trinajstić information content (AvgIpc) is 2.93. The van der Waals surface area contributed by atoms with Gasteiger partial charge in [-0.2, -0.15) is 0 Å². The monoisotopic (exact) mass is 353 g/mol.